The summed E-state index contributed by atoms with van der Waals surface area (Å²) >= 11 is 5.96. The van der Waals surface area contributed by atoms with Crippen molar-refractivity contribution in [1.82, 2.24) is 9.78 Å². The van der Waals surface area contributed by atoms with Crippen LogP contribution in [-0.2, 0) is 7.05 Å². The van der Waals surface area contributed by atoms with Gasteiger partial charge in [0, 0.05) is 29.4 Å². The number of aromatic nitrogens is 2. The van der Waals surface area contributed by atoms with Crippen molar-refractivity contribution in [2.45, 2.75) is 0 Å². The molecule has 1 aromatic heterocycles. The van der Waals surface area contributed by atoms with Gasteiger partial charge in [0.1, 0.15) is 5.75 Å². The Labute approximate surface area is 160 Å². The van der Waals surface area contributed by atoms with E-state index in [9.17, 15) is 9.59 Å². The minimum absolute atomic E-state index is 0.176. The maximum absolute atomic E-state index is 12.2. The molecule has 1 heterocycles. The number of rotatable bonds is 4. The molecule has 2 N–H and O–H groups in total. The van der Waals surface area contributed by atoms with Crippen LogP contribution in [0.5, 0.6) is 5.75 Å². The lowest BCUT2D eigenvalue weighted by molar-refractivity contribution is 0.262. The van der Waals surface area contributed by atoms with Crippen LogP contribution in [0.25, 0.3) is 11.3 Å². The molecule has 0 atom stereocenters. The number of aryl methyl sites for hydroxylation is 1. The Hall–Kier alpha value is -3.32. The number of hydrogen-bond donors (Lipinski definition) is 2. The second-order valence-corrected chi connectivity index (χ2v) is 6.12. The number of nitrogens with zero attached hydrogens (tertiary/aromatic N) is 2. The van der Waals surface area contributed by atoms with E-state index in [1.165, 1.54) is 17.9 Å². The van der Waals surface area contributed by atoms with Crippen molar-refractivity contribution in [1.29, 1.82) is 0 Å². The Morgan fingerprint density at radius 2 is 1.81 bits per heavy atom. The third-order valence-corrected chi connectivity index (χ3v) is 4.04. The highest BCUT2D eigenvalue weighted by molar-refractivity contribution is 6.31. The van der Waals surface area contributed by atoms with E-state index in [1.54, 1.807) is 43.4 Å². The fourth-order valence-corrected chi connectivity index (χ4v) is 2.62. The molecule has 3 rings (SSSR count). The Kier molecular flexibility index (Phi) is 5.42. The molecule has 27 heavy (non-hydrogen) atoms. The highest BCUT2D eigenvalue weighted by Gasteiger charge is 2.09. The molecular formula is C19H17ClN4O3. The van der Waals surface area contributed by atoms with Crippen molar-refractivity contribution in [3.63, 3.8) is 0 Å². The van der Waals surface area contributed by atoms with Crippen LogP contribution in [-0.4, -0.2) is 22.9 Å². The maximum Gasteiger partial charge on any atom is 0.323 e. The molecule has 0 unspecified atom stereocenters. The van der Waals surface area contributed by atoms with Crippen molar-refractivity contribution < 1.29 is 9.53 Å². The van der Waals surface area contributed by atoms with Gasteiger partial charge >= 0.3 is 6.03 Å². The molecule has 0 bridgehead atoms. The first-order valence-corrected chi connectivity index (χ1v) is 8.40. The van der Waals surface area contributed by atoms with Gasteiger partial charge < -0.3 is 15.4 Å². The van der Waals surface area contributed by atoms with Crippen LogP contribution in [0.4, 0.5) is 16.2 Å². The van der Waals surface area contributed by atoms with Crippen LogP contribution >= 0.6 is 11.6 Å². The average molecular weight is 385 g/mol. The number of methoxy groups -OCH3 is 1. The molecule has 0 radical (unpaired) electrons. The lowest BCUT2D eigenvalue weighted by Crippen LogP contribution is -2.19. The summed E-state index contributed by atoms with van der Waals surface area (Å²) in [6.45, 7) is 0. The summed E-state index contributed by atoms with van der Waals surface area (Å²) in [5.74, 6) is 0.505. The van der Waals surface area contributed by atoms with Gasteiger partial charge in [0.25, 0.3) is 5.56 Å². The molecule has 0 aliphatic heterocycles. The number of urea groups is 1. The van der Waals surface area contributed by atoms with Gasteiger partial charge in [-0.15, -0.1) is 0 Å². The van der Waals surface area contributed by atoms with E-state index in [-0.39, 0.29) is 5.56 Å². The smallest absolute Gasteiger partial charge is 0.323 e. The SMILES string of the molecule is COc1ccc(Cl)cc1NC(=O)Nc1ccc(-c2ccc(=O)n(C)n2)cc1. The topological polar surface area (TPSA) is 85.3 Å². The molecule has 0 fully saturated rings. The number of carbonyl (C=O) groups excluding carboxylic acids is 1. The summed E-state index contributed by atoms with van der Waals surface area (Å²) in [6.07, 6.45) is 0. The Morgan fingerprint density at radius 3 is 2.48 bits per heavy atom. The minimum Gasteiger partial charge on any atom is -0.495 e. The molecule has 2 amide bonds. The number of benzene rings is 2. The zero-order valence-electron chi connectivity index (χ0n) is 14.7. The van der Waals surface area contributed by atoms with E-state index < -0.39 is 6.03 Å². The predicted octanol–water partition coefficient (Wildman–Crippen LogP) is 3.75. The van der Waals surface area contributed by atoms with Gasteiger partial charge in [-0.3, -0.25) is 4.79 Å². The van der Waals surface area contributed by atoms with Crippen molar-refractivity contribution in [2.24, 2.45) is 7.05 Å². The number of ether oxygens (including phenoxy) is 1. The summed E-state index contributed by atoms with van der Waals surface area (Å²) in [7, 11) is 3.11. The Morgan fingerprint density at radius 1 is 1.07 bits per heavy atom. The quantitative estimate of drug-likeness (QED) is 0.717. The molecule has 0 aliphatic rings. The molecule has 138 valence electrons. The molecule has 0 saturated heterocycles. The average Bonchev–Trinajstić information content (AvgIpc) is 2.65. The van der Waals surface area contributed by atoms with Crippen molar-refractivity contribution in [3.8, 4) is 17.0 Å². The van der Waals surface area contributed by atoms with Gasteiger partial charge in [0.2, 0.25) is 0 Å². The first-order valence-electron chi connectivity index (χ1n) is 8.02. The van der Waals surface area contributed by atoms with Crippen LogP contribution in [0.3, 0.4) is 0 Å². The standard InChI is InChI=1S/C19H17ClN4O3/c1-24-18(25)10-8-15(23-24)12-3-6-14(7-4-12)21-19(26)22-16-11-13(20)5-9-17(16)27-2/h3-11H,1-2H3,(H2,21,22,26). The van der Waals surface area contributed by atoms with Crippen LogP contribution in [0, 0.1) is 0 Å². The van der Waals surface area contributed by atoms with Gasteiger partial charge in [0.15, 0.2) is 0 Å². The lowest BCUT2D eigenvalue weighted by Gasteiger charge is -2.12. The van der Waals surface area contributed by atoms with E-state index in [2.05, 4.69) is 15.7 Å². The first-order chi connectivity index (χ1) is 13.0. The van der Waals surface area contributed by atoms with Gasteiger partial charge in [-0.1, -0.05) is 23.7 Å². The van der Waals surface area contributed by atoms with Crippen LogP contribution in [0.2, 0.25) is 5.02 Å². The van der Waals surface area contributed by atoms with Gasteiger partial charge in [-0.05, 0) is 36.4 Å². The van der Waals surface area contributed by atoms with Crippen molar-refractivity contribution in [2.75, 3.05) is 17.7 Å². The lowest BCUT2D eigenvalue weighted by atomic mass is 10.1. The molecule has 0 saturated carbocycles. The number of hydrogen-bond acceptors (Lipinski definition) is 4. The third kappa shape index (κ3) is 4.45. The third-order valence-electron chi connectivity index (χ3n) is 3.81. The molecule has 8 heteroatoms. The maximum atomic E-state index is 12.2. The van der Waals surface area contributed by atoms with Gasteiger partial charge in [-0.25, -0.2) is 9.48 Å². The fourth-order valence-electron chi connectivity index (χ4n) is 2.44. The van der Waals surface area contributed by atoms with Crippen LogP contribution < -0.4 is 20.9 Å². The summed E-state index contributed by atoms with van der Waals surface area (Å²) in [5.41, 5.74) is 2.38. The Balaban J connectivity index is 1.71. The van der Waals surface area contributed by atoms with E-state index in [0.29, 0.717) is 27.8 Å². The summed E-state index contributed by atoms with van der Waals surface area (Å²) in [4.78, 5) is 23.7. The van der Waals surface area contributed by atoms with E-state index in [1.807, 2.05) is 12.1 Å². The zero-order chi connectivity index (χ0) is 19.4. The van der Waals surface area contributed by atoms with Crippen molar-refractivity contribution in [3.05, 3.63) is 70.0 Å². The van der Waals surface area contributed by atoms with E-state index in [0.717, 1.165) is 5.56 Å². The number of anilines is 2. The number of nitrogens with one attached hydrogen (secondary N) is 2. The molecule has 0 aliphatic carbocycles. The molecule has 7 nitrogen and oxygen atoms in total. The van der Waals surface area contributed by atoms with Crippen molar-refractivity contribution >= 4 is 29.0 Å². The number of halogens is 1. The second kappa shape index (κ2) is 7.92. The number of carbonyl (C=O) groups is 1. The second-order valence-electron chi connectivity index (χ2n) is 5.68. The summed E-state index contributed by atoms with van der Waals surface area (Å²) < 4.78 is 6.47. The highest BCUT2D eigenvalue weighted by Crippen LogP contribution is 2.28. The van der Waals surface area contributed by atoms with Crippen LogP contribution in [0.15, 0.2) is 59.4 Å². The molecule has 0 spiro atoms. The predicted molar refractivity (Wildman–Crippen MR) is 106 cm³/mol. The van der Waals surface area contributed by atoms with Gasteiger partial charge in [-0.2, -0.15) is 5.10 Å². The molecule has 2 aromatic carbocycles. The monoisotopic (exact) mass is 384 g/mol. The summed E-state index contributed by atoms with van der Waals surface area (Å²) in [6, 6.07) is 14.8. The largest absolute Gasteiger partial charge is 0.495 e. The van der Waals surface area contributed by atoms with E-state index >= 15 is 0 Å². The normalized spacial score (nSPS) is 10.3. The highest BCUT2D eigenvalue weighted by atomic mass is 35.5. The molecular weight excluding hydrogens is 368 g/mol. The van der Waals surface area contributed by atoms with Gasteiger partial charge in [0.05, 0.1) is 18.5 Å². The summed E-state index contributed by atoms with van der Waals surface area (Å²) in [5, 5.41) is 10.1. The molecule has 3 aromatic rings. The van der Waals surface area contributed by atoms with Crippen LogP contribution in [0.1, 0.15) is 0 Å². The zero-order valence-corrected chi connectivity index (χ0v) is 15.4. The minimum atomic E-state index is -0.427. The van der Waals surface area contributed by atoms with E-state index in [4.69, 9.17) is 16.3 Å². The number of amides is 2. The Bertz CT molecular complexity index is 1030. The first kappa shape index (κ1) is 18.5. The fraction of sp³-hybridized carbons (Fsp3) is 0.105.